The third kappa shape index (κ3) is 2.66. The van der Waals surface area contributed by atoms with Gasteiger partial charge in [0.15, 0.2) is 0 Å². The van der Waals surface area contributed by atoms with Crippen molar-refractivity contribution in [1.29, 1.82) is 0 Å². The Balaban J connectivity index is 2.08. The summed E-state index contributed by atoms with van der Waals surface area (Å²) in [5, 5.41) is 0.646. The standard InChI is InChI=1S/C11H13BrClFN2/c12-9-5-10(13)11(15-7-9)16-3-1-8(6-14)2-4-16/h5,7-8H,1-4,6H2. The molecular formula is C11H13BrClFN2. The van der Waals surface area contributed by atoms with Crippen LogP contribution in [-0.4, -0.2) is 24.7 Å². The minimum absolute atomic E-state index is 0.213. The summed E-state index contributed by atoms with van der Waals surface area (Å²) in [6.07, 6.45) is 3.50. The molecule has 1 saturated heterocycles. The van der Waals surface area contributed by atoms with Crippen molar-refractivity contribution in [3.8, 4) is 0 Å². The minimum Gasteiger partial charge on any atom is -0.355 e. The molecule has 1 fully saturated rings. The smallest absolute Gasteiger partial charge is 0.147 e. The number of nitrogens with zero attached hydrogens (tertiary/aromatic N) is 2. The van der Waals surface area contributed by atoms with Crippen molar-refractivity contribution < 1.29 is 4.39 Å². The van der Waals surface area contributed by atoms with Crippen LogP contribution >= 0.6 is 27.5 Å². The van der Waals surface area contributed by atoms with Crippen molar-refractivity contribution >= 4 is 33.3 Å². The number of halogens is 3. The van der Waals surface area contributed by atoms with Gasteiger partial charge in [0.1, 0.15) is 5.82 Å². The van der Waals surface area contributed by atoms with E-state index in [0.717, 1.165) is 36.2 Å². The van der Waals surface area contributed by atoms with Crippen molar-refractivity contribution in [3.63, 3.8) is 0 Å². The number of hydrogen-bond donors (Lipinski definition) is 0. The van der Waals surface area contributed by atoms with Gasteiger partial charge in [-0.25, -0.2) is 4.98 Å². The molecular weight excluding hydrogens is 294 g/mol. The van der Waals surface area contributed by atoms with E-state index >= 15 is 0 Å². The lowest BCUT2D eigenvalue weighted by Crippen LogP contribution is -2.35. The third-order valence-electron chi connectivity index (χ3n) is 2.92. The molecule has 1 aromatic rings. The molecule has 0 radical (unpaired) electrons. The highest BCUT2D eigenvalue weighted by atomic mass is 79.9. The molecule has 1 aliphatic rings. The van der Waals surface area contributed by atoms with E-state index in [9.17, 15) is 4.39 Å². The van der Waals surface area contributed by atoms with Gasteiger partial charge in [0, 0.05) is 23.8 Å². The summed E-state index contributed by atoms with van der Waals surface area (Å²) in [6, 6.07) is 1.84. The van der Waals surface area contributed by atoms with Gasteiger partial charge in [0.25, 0.3) is 0 Å². The predicted octanol–water partition coefficient (Wildman–Crippen LogP) is 3.68. The second-order valence-electron chi connectivity index (χ2n) is 4.04. The van der Waals surface area contributed by atoms with Crippen LogP contribution in [0.2, 0.25) is 5.02 Å². The average molecular weight is 308 g/mol. The first-order valence-electron chi connectivity index (χ1n) is 5.32. The number of piperidine rings is 1. The summed E-state index contributed by atoms with van der Waals surface area (Å²) in [5.74, 6) is 1.02. The third-order valence-corrected chi connectivity index (χ3v) is 3.63. The highest BCUT2D eigenvalue weighted by Crippen LogP contribution is 2.29. The number of anilines is 1. The fourth-order valence-electron chi connectivity index (χ4n) is 1.94. The lowest BCUT2D eigenvalue weighted by molar-refractivity contribution is 0.307. The Morgan fingerprint density at radius 2 is 2.19 bits per heavy atom. The Morgan fingerprint density at radius 1 is 1.50 bits per heavy atom. The van der Waals surface area contributed by atoms with E-state index in [2.05, 4.69) is 25.8 Å². The molecule has 0 aliphatic carbocycles. The molecule has 0 amide bonds. The fraction of sp³-hybridized carbons (Fsp3) is 0.545. The van der Waals surface area contributed by atoms with Crippen LogP contribution in [0.3, 0.4) is 0 Å². The highest BCUT2D eigenvalue weighted by Gasteiger charge is 2.21. The number of rotatable bonds is 2. The second-order valence-corrected chi connectivity index (χ2v) is 5.37. The maximum atomic E-state index is 12.5. The van der Waals surface area contributed by atoms with E-state index in [1.54, 1.807) is 6.20 Å². The van der Waals surface area contributed by atoms with Crippen molar-refractivity contribution in [2.75, 3.05) is 24.7 Å². The zero-order valence-electron chi connectivity index (χ0n) is 8.80. The Hall–Kier alpha value is -0.350. The van der Waals surface area contributed by atoms with Crippen LogP contribution in [0.5, 0.6) is 0 Å². The molecule has 16 heavy (non-hydrogen) atoms. The van der Waals surface area contributed by atoms with Crippen molar-refractivity contribution in [2.45, 2.75) is 12.8 Å². The molecule has 2 nitrogen and oxygen atoms in total. The van der Waals surface area contributed by atoms with E-state index in [1.165, 1.54) is 0 Å². The number of alkyl halides is 1. The molecule has 0 spiro atoms. The first kappa shape index (κ1) is 12.1. The Morgan fingerprint density at radius 3 is 2.75 bits per heavy atom. The first-order valence-corrected chi connectivity index (χ1v) is 6.49. The second kappa shape index (κ2) is 5.32. The molecule has 0 bridgehead atoms. The number of hydrogen-bond acceptors (Lipinski definition) is 2. The minimum atomic E-state index is -0.213. The summed E-state index contributed by atoms with van der Waals surface area (Å²) < 4.78 is 13.3. The zero-order valence-corrected chi connectivity index (χ0v) is 11.1. The maximum Gasteiger partial charge on any atom is 0.147 e. The van der Waals surface area contributed by atoms with Gasteiger partial charge in [0.05, 0.1) is 11.7 Å². The highest BCUT2D eigenvalue weighted by molar-refractivity contribution is 9.10. The Bertz CT molecular complexity index is 367. The van der Waals surface area contributed by atoms with Crippen LogP contribution in [0.1, 0.15) is 12.8 Å². The van der Waals surface area contributed by atoms with Gasteiger partial charge in [0.2, 0.25) is 0 Å². The molecule has 1 aromatic heterocycles. The molecule has 0 saturated carbocycles. The number of pyridine rings is 1. The van der Waals surface area contributed by atoms with Gasteiger partial charge in [-0.2, -0.15) is 0 Å². The fourth-order valence-corrected chi connectivity index (χ4v) is 2.69. The van der Waals surface area contributed by atoms with E-state index in [4.69, 9.17) is 11.6 Å². The largest absolute Gasteiger partial charge is 0.355 e. The molecule has 5 heteroatoms. The van der Waals surface area contributed by atoms with Crippen molar-refractivity contribution in [1.82, 2.24) is 4.98 Å². The number of aromatic nitrogens is 1. The van der Waals surface area contributed by atoms with Crippen molar-refractivity contribution in [3.05, 3.63) is 21.8 Å². The van der Waals surface area contributed by atoms with Crippen LogP contribution < -0.4 is 4.90 Å². The SMILES string of the molecule is FCC1CCN(c2ncc(Br)cc2Cl)CC1. The van der Waals surface area contributed by atoms with Crippen LogP contribution in [0.25, 0.3) is 0 Å². The van der Waals surface area contributed by atoms with E-state index < -0.39 is 0 Å². The molecule has 0 aromatic carbocycles. The Labute approximate surface area is 108 Å². The molecule has 2 heterocycles. The predicted molar refractivity (Wildman–Crippen MR) is 67.9 cm³/mol. The summed E-state index contributed by atoms with van der Waals surface area (Å²) >= 11 is 9.45. The lowest BCUT2D eigenvalue weighted by Gasteiger charge is -2.32. The van der Waals surface area contributed by atoms with Crippen LogP contribution in [0.15, 0.2) is 16.7 Å². The normalized spacial score (nSPS) is 17.8. The van der Waals surface area contributed by atoms with E-state index in [0.29, 0.717) is 5.02 Å². The monoisotopic (exact) mass is 306 g/mol. The van der Waals surface area contributed by atoms with Gasteiger partial charge in [-0.1, -0.05) is 11.6 Å². The van der Waals surface area contributed by atoms with Gasteiger partial charge in [-0.05, 0) is 40.8 Å². The summed E-state index contributed by atoms with van der Waals surface area (Å²) in [5.41, 5.74) is 0. The first-order chi connectivity index (χ1) is 7.70. The maximum absolute atomic E-state index is 12.5. The van der Waals surface area contributed by atoms with Crippen LogP contribution in [0, 0.1) is 5.92 Å². The topological polar surface area (TPSA) is 16.1 Å². The molecule has 0 N–H and O–H groups in total. The molecule has 1 aliphatic heterocycles. The van der Waals surface area contributed by atoms with Gasteiger partial charge in [-0.3, -0.25) is 4.39 Å². The van der Waals surface area contributed by atoms with Crippen LogP contribution in [-0.2, 0) is 0 Å². The van der Waals surface area contributed by atoms with Crippen molar-refractivity contribution in [2.24, 2.45) is 5.92 Å². The summed E-state index contributed by atoms with van der Waals surface area (Å²) in [6.45, 7) is 1.46. The van der Waals surface area contributed by atoms with E-state index in [1.807, 2.05) is 6.07 Å². The molecule has 88 valence electrons. The van der Waals surface area contributed by atoms with Gasteiger partial charge in [-0.15, -0.1) is 0 Å². The van der Waals surface area contributed by atoms with Crippen LogP contribution in [0.4, 0.5) is 10.2 Å². The molecule has 0 atom stereocenters. The molecule has 0 unspecified atom stereocenters. The quantitative estimate of drug-likeness (QED) is 0.828. The Kier molecular flexibility index (Phi) is 4.03. The molecule has 2 rings (SSSR count). The summed E-state index contributed by atoms with van der Waals surface area (Å²) in [4.78, 5) is 6.43. The lowest BCUT2D eigenvalue weighted by atomic mass is 9.98. The van der Waals surface area contributed by atoms with E-state index in [-0.39, 0.29) is 12.6 Å². The average Bonchev–Trinajstić information content (AvgIpc) is 2.29. The summed E-state index contributed by atoms with van der Waals surface area (Å²) in [7, 11) is 0. The zero-order chi connectivity index (χ0) is 11.5. The van der Waals surface area contributed by atoms with Gasteiger partial charge >= 0.3 is 0 Å². The van der Waals surface area contributed by atoms with Gasteiger partial charge < -0.3 is 4.90 Å².